The van der Waals surface area contributed by atoms with E-state index in [2.05, 4.69) is 69.6 Å². The van der Waals surface area contributed by atoms with Crippen LogP contribution in [0.5, 0.6) is 0 Å². The van der Waals surface area contributed by atoms with Crippen LogP contribution in [0.15, 0.2) is 24.8 Å². The molecule has 0 aromatic carbocycles. The molecule has 0 bridgehead atoms. The van der Waals surface area contributed by atoms with E-state index in [1.165, 1.54) is 19.3 Å². The molecule has 0 radical (unpaired) electrons. The van der Waals surface area contributed by atoms with Gasteiger partial charge in [-0.05, 0) is 57.9 Å². The van der Waals surface area contributed by atoms with Gasteiger partial charge < -0.3 is 18.3 Å². The Labute approximate surface area is 115 Å². The Balaban J connectivity index is 1.61. The highest BCUT2D eigenvalue weighted by molar-refractivity contribution is 4.66. The summed E-state index contributed by atoms with van der Waals surface area (Å²) in [7, 11) is 0. The maximum absolute atomic E-state index is 3.30. The summed E-state index contributed by atoms with van der Waals surface area (Å²) < 4.78 is 8.46. The molecule has 0 atom stereocenters. The molecule has 2 rings (SSSR count). The number of rotatable bonds is 8. The van der Waals surface area contributed by atoms with Crippen LogP contribution in [0.4, 0.5) is 0 Å². The first-order chi connectivity index (χ1) is 9.31. The molecular formula is C15H24N4. The van der Waals surface area contributed by atoms with Gasteiger partial charge in [-0.2, -0.15) is 0 Å². The molecule has 104 valence electrons. The van der Waals surface area contributed by atoms with Crippen LogP contribution in [0, 0.1) is 12.7 Å². The average Bonchev–Trinajstić information content (AvgIpc) is 3.06. The van der Waals surface area contributed by atoms with E-state index < -0.39 is 0 Å². The van der Waals surface area contributed by atoms with Gasteiger partial charge in [-0.15, -0.1) is 0 Å². The maximum atomic E-state index is 3.30. The highest BCUT2D eigenvalue weighted by atomic mass is 15.1. The Kier molecular flexibility index (Phi) is 5.19. The second-order valence-electron chi connectivity index (χ2n) is 4.82. The van der Waals surface area contributed by atoms with Gasteiger partial charge in [0.25, 0.3) is 0 Å². The van der Waals surface area contributed by atoms with E-state index >= 15 is 0 Å². The molecule has 0 aliphatic rings. The summed E-state index contributed by atoms with van der Waals surface area (Å²) in [6.07, 6.45) is 18.6. The lowest BCUT2D eigenvalue weighted by Crippen LogP contribution is -2.29. The van der Waals surface area contributed by atoms with Gasteiger partial charge in [-0.1, -0.05) is 0 Å². The molecule has 0 saturated heterocycles. The quantitative estimate of drug-likeness (QED) is 0.388. The van der Waals surface area contributed by atoms with Crippen LogP contribution in [0.25, 0.3) is 0 Å². The topological polar surface area (TPSA) is 17.6 Å². The van der Waals surface area contributed by atoms with Crippen molar-refractivity contribution in [2.75, 3.05) is 0 Å². The molecular weight excluding hydrogens is 236 g/mol. The summed E-state index contributed by atoms with van der Waals surface area (Å²) in [4.78, 5) is 0. The number of hydrogen-bond acceptors (Lipinski definition) is 0. The maximum Gasteiger partial charge on any atom is 0.203 e. The van der Waals surface area contributed by atoms with Gasteiger partial charge in [0.1, 0.15) is 0 Å². The van der Waals surface area contributed by atoms with Crippen LogP contribution >= 0.6 is 0 Å². The minimum Gasteiger partial charge on any atom is -0.351 e. The lowest BCUT2D eigenvalue weighted by Gasteiger charge is -2.02. The zero-order chi connectivity index (χ0) is 13.5. The lowest BCUT2D eigenvalue weighted by molar-refractivity contribution is -0.697. The van der Waals surface area contributed by atoms with Crippen LogP contribution in [0.1, 0.15) is 33.1 Å². The van der Waals surface area contributed by atoms with E-state index in [1.807, 2.05) is 0 Å². The zero-order valence-corrected chi connectivity index (χ0v) is 12.0. The van der Waals surface area contributed by atoms with Crippen molar-refractivity contribution in [1.29, 1.82) is 0 Å². The Hall–Kier alpha value is -1.58. The van der Waals surface area contributed by atoms with E-state index in [9.17, 15) is 0 Å². The number of imidazole rings is 2. The van der Waals surface area contributed by atoms with Crippen molar-refractivity contribution in [2.45, 2.75) is 59.3 Å². The van der Waals surface area contributed by atoms with Crippen LogP contribution < -0.4 is 9.13 Å². The number of hydrogen-bond donors (Lipinski definition) is 0. The second kappa shape index (κ2) is 7.12. The highest BCUT2D eigenvalue weighted by Gasteiger charge is 1.97. The Bertz CT molecular complexity index is 440. The Morgan fingerprint density at radius 3 is 1.63 bits per heavy atom. The first kappa shape index (κ1) is 13.8. The van der Waals surface area contributed by atoms with Gasteiger partial charge in [0.15, 0.2) is 0 Å². The van der Waals surface area contributed by atoms with E-state index in [4.69, 9.17) is 0 Å². The summed E-state index contributed by atoms with van der Waals surface area (Å²) in [5.74, 6) is 0. The number of aryl methyl sites for hydroxylation is 4. The summed E-state index contributed by atoms with van der Waals surface area (Å²) in [5.41, 5.74) is 0. The van der Waals surface area contributed by atoms with Crippen molar-refractivity contribution in [1.82, 2.24) is 9.13 Å². The lowest BCUT2D eigenvalue weighted by atomic mass is 10.2. The van der Waals surface area contributed by atoms with Gasteiger partial charge in [-0.25, -0.2) is 0 Å². The first-order valence-electron chi connectivity index (χ1n) is 7.27. The molecule has 0 N–H and O–H groups in total. The summed E-state index contributed by atoms with van der Waals surface area (Å²) in [6, 6.07) is 0. The minimum absolute atomic E-state index is 0.994. The largest absolute Gasteiger partial charge is 0.351 e. The molecule has 19 heavy (non-hydrogen) atoms. The summed E-state index contributed by atoms with van der Waals surface area (Å²) in [5, 5.41) is 0. The third-order valence-corrected chi connectivity index (χ3v) is 3.35. The molecule has 4 heteroatoms. The molecule has 2 heterocycles. The van der Waals surface area contributed by atoms with Gasteiger partial charge in [-0.3, -0.25) is 0 Å². The molecule has 0 aliphatic heterocycles. The van der Waals surface area contributed by atoms with Gasteiger partial charge in [0, 0.05) is 0 Å². The van der Waals surface area contributed by atoms with E-state index in [-0.39, 0.29) is 0 Å². The predicted octanol–water partition coefficient (Wildman–Crippen LogP) is 1.38. The fourth-order valence-electron chi connectivity index (χ4n) is 2.13. The van der Waals surface area contributed by atoms with Crippen molar-refractivity contribution < 1.29 is 9.13 Å². The molecule has 4 nitrogen and oxygen atoms in total. The predicted molar refractivity (Wildman–Crippen MR) is 72.1 cm³/mol. The van der Waals surface area contributed by atoms with Gasteiger partial charge >= 0.3 is 0 Å². The van der Waals surface area contributed by atoms with Crippen molar-refractivity contribution in [3.63, 3.8) is 0 Å². The van der Waals surface area contributed by atoms with Crippen LogP contribution in [0.3, 0.4) is 0 Å². The molecule has 2 aromatic rings. The molecule has 0 fully saturated rings. The number of unbranched alkanes of at least 4 members (excludes halogenated alkanes) is 2. The molecule has 0 aliphatic carbocycles. The average molecular weight is 260 g/mol. The third-order valence-electron chi connectivity index (χ3n) is 3.35. The molecule has 0 saturated carbocycles. The minimum atomic E-state index is 0.994. The van der Waals surface area contributed by atoms with Crippen molar-refractivity contribution in [3.05, 3.63) is 37.4 Å². The number of nitrogens with zero attached hydrogens (tertiary/aromatic N) is 4. The van der Waals surface area contributed by atoms with Crippen molar-refractivity contribution >= 4 is 0 Å². The fourth-order valence-corrected chi connectivity index (χ4v) is 2.13. The van der Waals surface area contributed by atoms with Crippen LogP contribution in [-0.2, 0) is 26.2 Å². The molecule has 0 spiro atoms. The SMILES string of the molecule is CC[n+]1[c-]n(CCCCCn2[c-][n+](CC)cc2)cc1. The second-order valence-corrected chi connectivity index (χ2v) is 4.82. The molecule has 2 aromatic heterocycles. The smallest absolute Gasteiger partial charge is 0.203 e. The van der Waals surface area contributed by atoms with Gasteiger partial charge in [0.05, 0.1) is 26.2 Å². The third kappa shape index (κ3) is 4.23. The van der Waals surface area contributed by atoms with Crippen molar-refractivity contribution in [2.24, 2.45) is 0 Å². The summed E-state index contributed by atoms with van der Waals surface area (Å²) in [6.45, 7) is 8.39. The monoisotopic (exact) mass is 260 g/mol. The number of aromatic nitrogens is 4. The van der Waals surface area contributed by atoms with E-state index in [1.54, 1.807) is 0 Å². The highest BCUT2D eigenvalue weighted by Crippen LogP contribution is 2.00. The Morgan fingerprint density at radius 2 is 1.26 bits per heavy atom. The first-order valence-corrected chi connectivity index (χ1v) is 7.27. The standard InChI is InChI=1S/C15H24N4/c1-3-16-10-12-18(14-16)8-6-5-7-9-19-13-11-17(4-2)15-19/h10-13H,3-9H2,1-2H3. The van der Waals surface area contributed by atoms with Crippen LogP contribution in [-0.4, -0.2) is 9.13 Å². The fraction of sp³-hybridized carbons (Fsp3) is 0.600. The molecule has 0 unspecified atom stereocenters. The van der Waals surface area contributed by atoms with Crippen molar-refractivity contribution in [3.8, 4) is 0 Å². The normalized spacial score (nSPS) is 11.1. The van der Waals surface area contributed by atoms with E-state index in [0.717, 1.165) is 26.2 Å². The van der Waals surface area contributed by atoms with E-state index in [0.29, 0.717) is 0 Å². The summed E-state index contributed by atoms with van der Waals surface area (Å²) >= 11 is 0. The zero-order valence-electron chi connectivity index (χ0n) is 12.0. The Morgan fingerprint density at radius 1 is 0.789 bits per heavy atom. The van der Waals surface area contributed by atoms with Crippen LogP contribution in [0.2, 0.25) is 0 Å². The molecule has 0 amide bonds. The van der Waals surface area contributed by atoms with Gasteiger partial charge in [0.2, 0.25) is 12.7 Å².